The molecule has 0 saturated carbocycles. The molecule has 2 aromatic rings. The maximum atomic E-state index is 5.36. The second-order valence-electron chi connectivity index (χ2n) is 3.98. The first kappa shape index (κ1) is 9.18. The molecule has 5 heteroatoms. The zero-order chi connectivity index (χ0) is 11.4. The van der Waals surface area contributed by atoms with E-state index in [4.69, 9.17) is 9.47 Å². The Hall–Kier alpha value is -1.88. The Balaban J connectivity index is 1.94. The lowest BCUT2D eigenvalue weighted by molar-refractivity contribution is 0.174. The fourth-order valence-corrected chi connectivity index (χ4v) is 2.77. The molecule has 0 atom stereocenters. The van der Waals surface area contributed by atoms with Crippen LogP contribution in [0.15, 0.2) is 22.5 Å². The van der Waals surface area contributed by atoms with Crippen LogP contribution in [0.5, 0.6) is 11.5 Å². The molecule has 0 amide bonds. The van der Waals surface area contributed by atoms with E-state index in [0.29, 0.717) is 6.79 Å². The predicted molar refractivity (Wildman–Crippen MR) is 62.7 cm³/mol. The van der Waals surface area contributed by atoms with E-state index in [0.717, 1.165) is 38.5 Å². The molecule has 0 fully saturated rings. The molecule has 2 aliphatic rings. The van der Waals surface area contributed by atoms with Crippen molar-refractivity contribution in [1.82, 2.24) is 4.98 Å². The molecule has 4 nitrogen and oxygen atoms in total. The predicted octanol–water partition coefficient (Wildman–Crippen LogP) is 0.970. The molecule has 3 heterocycles. The average Bonchev–Trinajstić information content (AvgIpc) is 2.89. The molecular formula is C12H8N2O2S. The lowest BCUT2D eigenvalue weighted by Gasteiger charge is -2.07. The Kier molecular flexibility index (Phi) is 1.66. The van der Waals surface area contributed by atoms with Crippen molar-refractivity contribution in [3.63, 3.8) is 0 Å². The van der Waals surface area contributed by atoms with Crippen molar-refractivity contribution in [2.24, 2.45) is 4.99 Å². The molecule has 4 rings (SSSR count). The summed E-state index contributed by atoms with van der Waals surface area (Å²) in [6.07, 6.45) is 0. The quantitative estimate of drug-likeness (QED) is 0.750. The van der Waals surface area contributed by atoms with Gasteiger partial charge in [-0.1, -0.05) is 0 Å². The van der Waals surface area contributed by atoms with Crippen molar-refractivity contribution >= 4 is 17.0 Å². The largest absolute Gasteiger partial charge is 0.454 e. The molecule has 0 aliphatic carbocycles. The van der Waals surface area contributed by atoms with Crippen LogP contribution in [0.4, 0.5) is 0 Å². The van der Waals surface area contributed by atoms with Crippen LogP contribution < -0.4 is 20.0 Å². The van der Waals surface area contributed by atoms with Crippen molar-refractivity contribution < 1.29 is 9.47 Å². The second-order valence-corrected chi connectivity index (χ2v) is 4.84. The summed E-state index contributed by atoms with van der Waals surface area (Å²) in [7, 11) is 0. The van der Waals surface area contributed by atoms with E-state index in [1.807, 2.05) is 24.4 Å². The molecule has 84 valence electrons. The van der Waals surface area contributed by atoms with E-state index >= 15 is 0 Å². The van der Waals surface area contributed by atoms with Crippen molar-refractivity contribution in [2.75, 3.05) is 6.79 Å². The molecule has 2 aliphatic heterocycles. The molecule has 0 bridgehead atoms. The summed E-state index contributed by atoms with van der Waals surface area (Å²) in [4.78, 5) is 8.92. The summed E-state index contributed by atoms with van der Waals surface area (Å²) in [5, 5.41) is 5.05. The highest BCUT2D eigenvalue weighted by molar-refractivity contribution is 7.10. The van der Waals surface area contributed by atoms with Crippen LogP contribution in [0, 0.1) is 6.92 Å². The fourth-order valence-electron chi connectivity index (χ4n) is 1.97. The molecule has 0 saturated heterocycles. The van der Waals surface area contributed by atoms with Crippen LogP contribution in [0.2, 0.25) is 0 Å². The number of nitrogens with zero attached hydrogens (tertiary/aromatic N) is 2. The van der Waals surface area contributed by atoms with Gasteiger partial charge < -0.3 is 9.47 Å². The number of rotatable bonds is 1. The van der Waals surface area contributed by atoms with Gasteiger partial charge in [0.1, 0.15) is 10.7 Å². The third kappa shape index (κ3) is 1.23. The monoisotopic (exact) mass is 244 g/mol. The Morgan fingerprint density at radius 3 is 2.82 bits per heavy atom. The van der Waals surface area contributed by atoms with Gasteiger partial charge in [-0.25, -0.2) is 9.98 Å². The molecule has 0 radical (unpaired) electrons. The van der Waals surface area contributed by atoms with Crippen LogP contribution in [0.25, 0.3) is 5.70 Å². The van der Waals surface area contributed by atoms with Gasteiger partial charge in [0.2, 0.25) is 6.79 Å². The zero-order valence-electron chi connectivity index (χ0n) is 9.06. The molecule has 17 heavy (non-hydrogen) atoms. The lowest BCUT2D eigenvalue weighted by Crippen LogP contribution is -2.34. The number of ether oxygens (including phenoxy) is 2. The standard InChI is InChI=1S/C12H8N2O2S/c1-6-4-17-12(13-6)11-7-2-9-10(16-5-15-9)3-8(7)14-11/h2-4H,5H2,1H3. The highest BCUT2D eigenvalue weighted by Crippen LogP contribution is 2.30. The van der Waals surface area contributed by atoms with Gasteiger partial charge in [-0.15, -0.1) is 11.3 Å². The van der Waals surface area contributed by atoms with Crippen LogP contribution in [0.1, 0.15) is 10.7 Å². The van der Waals surface area contributed by atoms with Gasteiger partial charge in [0, 0.05) is 22.4 Å². The number of thiazole rings is 1. The molecule has 0 N–H and O–H groups in total. The van der Waals surface area contributed by atoms with Gasteiger partial charge in [0.25, 0.3) is 0 Å². The van der Waals surface area contributed by atoms with Crippen LogP contribution in [-0.4, -0.2) is 11.8 Å². The number of fused-ring (bicyclic) bond motifs is 2. The lowest BCUT2D eigenvalue weighted by atomic mass is 10.1. The van der Waals surface area contributed by atoms with Crippen molar-refractivity contribution in [3.05, 3.63) is 38.8 Å². The third-order valence-corrected chi connectivity index (χ3v) is 3.77. The number of aromatic nitrogens is 1. The van der Waals surface area contributed by atoms with E-state index in [1.165, 1.54) is 0 Å². The van der Waals surface area contributed by atoms with Gasteiger partial charge in [-0.2, -0.15) is 0 Å². The maximum Gasteiger partial charge on any atom is 0.231 e. The molecule has 1 aromatic carbocycles. The van der Waals surface area contributed by atoms with Gasteiger partial charge in [-0.3, -0.25) is 0 Å². The molecule has 0 unspecified atom stereocenters. The first-order valence-electron chi connectivity index (χ1n) is 5.26. The first-order chi connectivity index (χ1) is 8.31. The van der Waals surface area contributed by atoms with E-state index in [9.17, 15) is 0 Å². The van der Waals surface area contributed by atoms with Crippen LogP contribution in [0.3, 0.4) is 0 Å². The SMILES string of the molecule is Cc1csc(C2=c3cc4c(cc3=N2)OCO4)n1. The number of benzene rings is 1. The van der Waals surface area contributed by atoms with E-state index in [-0.39, 0.29) is 0 Å². The minimum Gasteiger partial charge on any atom is -0.454 e. The normalized spacial score (nSPS) is 15.2. The average molecular weight is 244 g/mol. The van der Waals surface area contributed by atoms with Gasteiger partial charge in [-0.05, 0) is 13.0 Å². The number of aryl methyl sites for hydroxylation is 1. The summed E-state index contributed by atoms with van der Waals surface area (Å²) in [5.74, 6) is 1.58. The van der Waals surface area contributed by atoms with E-state index in [2.05, 4.69) is 9.98 Å². The second kappa shape index (κ2) is 3.07. The summed E-state index contributed by atoms with van der Waals surface area (Å²) in [6.45, 7) is 2.28. The number of hydrogen-bond donors (Lipinski definition) is 0. The van der Waals surface area contributed by atoms with Gasteiger partial charge >= 0.3 is 0 Å². The first-order valence-corrected chi connectivity index (χ1v) is 6.14. The van der Waals surface area contributed by atoms with Gasteiger partial charge in [0.15, 0.2) is 11.5 Å². The van der Waals surface area contributed by atoms with Crippen LogP contribution in [-0.2, 0) is 0 Å². The highest BCUT2D eigenvalue weighted by Gasteiger charge is 2.20. The summed E-state index contributed by atoms with van der Waals surface area (Å²) < 4.78 is 10.7. The minimum atomic E-state index is 0.296. The Labute approximate surface area is 101 Å². The maximum absolute atomic E-state index is 5.36. The zero-order valence-corrected chi connectivity index (χ0v) is 9.87. The Morgan fingerprint density at radius 1 is 1.24 bits per heavy atom. The smallest absolute Gasteiger partial charge is 0.231 e. The Morgan fingerprint density at radius 2 is 2.06 bits per heavy atom. The van der Waals surface area contributed by atoms with Crippen molar-refractivity contribution in [2.45, 2.75) is 6.92 Å². The minimum absolute atomic E-state index is 0.296. The summed E-state index contributed by atoms with van der Waals surface area (Å²) in [5.41, 5.74) is 1.98. The van der Waals surface area contributed by atoms with Gasteiger partial charge in [0.05, 0.1) is 5.36 Å². The highest BCUT2D eigenvalue weighted by atomic mass is 32.1. The Bertz CT molecular complexity index is 748. The van der Waals surface area contributed by atoms with E-state index < -0.39 is 0 Å². The molecule has 0 spiro atoms. The third-order valence-electron chi connectivity index (χ3n) is 2.80. The summed E-state index contributed by atoms with van der Waals surface area (Å²) >= 11 is 1.62. The van der Waals surface area contributed by atoms with E-state index in [1.54, 1.807) is 11.3 Å². The number of hydrogen-bond acceptors (Lipinski definition) is 5. The topological polar surface area (TPSA) is 43.7 Å². The summed E-state index contributed by atoms with van der Waals surface area (Å²) in [6, 6.07) is 3.90. The molecule has 1 aromatic heterocycles. The van der Waals surface area contributed by atoms with Crippen LogP contribution >= 0.6 is 11.3 Å². The fraction of sp³-hybridized carbons (Fsp3) is 0.167. The van der Waals surface area contributed by atoms with Crippen molar-refractivity contribution in [1.29, 1.82) is 0 Å². The van der Waals surface area contributed by atoms with Crippen molar-refractivity contribution in [3.8, 4) is 11.5 Å². The molecular weight excluding hydrogens is 236 g/mol.